The number of para-hydroxylation sites is 1. The number of nitrogens with zero attached hydrogens (tertiary/aromatic N) is 1. The standard InChI is InChI=1S/C22H35FN2O2/c1-17-12-19(14-22(2,3)13-17)27-16-18(26)15-24-8-10-25(11-9-24)21-7-5-4-6-20(21)23/h4-7,17-19,26H,8-16H2,1-3H3/p+1/t17-,18-,19-/m1/s1. The molecule has 1 aromatic carbocycles. The summed E-state index contributed by atoms with van der Waals surface area (Å²) in [4.78, 5) is 3.48. The van der Waals surface area contributed by atoms with E-state index in [0.717, 1.165) is 39.0 Å². The highest BCUT2D eigenvalue weighted by Gasteiger charge is 2.33. The summed E-state index contributed by atoms with van der Waals surface area (Å²) in [6, 6.07) is 6.97. The summed E-state index contributed by atoms with van der Waals surface area (Å²) < 4.78 is 20.0. The van der Waals surface area contributed by atoms with Gasteiger partial charge >= 0.3 is 0 Å². The Morgan fingerprint density at radius 1 is 1.26 bits per heavy atom. The van der Waals surface area contributed by atoms with Crippen molar-refractivity contribution >= 4 is 5.69 Å². The molecule has 3 rings (SSSR count). The van der Waals surface area contributed by atoms with E-state index in [1.165, 1.54) is 17.4 Å². The predicted octanol–water partition coefficient (Wildman–Crippen LogP) is 2.12. The summed E-state index contributed by atoms with van der Waals surface area (Å²) in [6.07, 6.45) is 3.28. The topological polar surface area (TPSA) is 37.1 Å². The number of ether oxygens (including phenoxy) is 1. The zero-order chi connectivity index (χ0) is 19.4. The first-order valence-electron chi connectivity index (χ1n) is 10.4. The lowest BCUT2D eigenvalue weighted by atomic mass is 9.71. The van der Waals surface area contributed by atoms with Crippen molar-refractivity contribution in [3.63, 3.8) is 0 Å². The van der Waals surface area contributed by atoms with E-state index in [4.69, 9.17) is 4.74 Å². The molecule has 2 aliphatic rings. The molecule has 27 heavy (non-hydrogen) atoms. The van der Waals surface area contributed by atoms with Crippen molar-refractivity contribution in [2.24, 2.45) is 11.3 Å². The van der Waals surface area contributed by atoms with Crippen molar-refractivity contribution in [2.45, 2.75) is 52.2 Å². The molecule has 1 aliphatic carbocycles. The first kappa shape index (κ1) is 20.6. The number of nitrogens with one attached hydrogen (secondary N) is 1. The second kappa shape index (κ2) is 8.89. The Hall–Kier alpha value is -1.17. The Balaban J connectivity index is 1.39. The zero-order valence-corrected chi connectivity index (χ0v) is 17.1. The molecule has 3 atom stereocenters. The molecule has 2 fully saturated rings. The number of aliphatic hydroxyl groups is 1. The Morgan fingerprint density at radius 2 is 1.96 bits per heavy atom. The number of aliphatic hydroxyl groups excluding tert-OH is 1. The van der Waals surface area contributed by atoms with E-state index in [1.807, 2.05) is 12.1 Å². The third kappa shape index (κ3) is 5.90. The molecule has 0 bridgehead atoms. The van der Waals surface area contributed by atoms with Gasteiger partial charge < -0.3 is 19.6 Å². The molecule has 5 heteroatoms. The van der Waals surface area contributed by atoms with Crippen molar-refractivity contribution in [1.29, 1.82) is 0 Å². The van der Waals surface area contributed by atoms with Crippen LogP contribution in [0, 0.1) is 17.2 Å². The third-order valence-corrected chi connectivity index (χ3v) is 6.06. The maximum absolute atomic E-state index is 13.9. The van der Waals surface area contributed by atoms with E-state index in [2.05, 4.69) is 25.7 Å². The van der Waals surface area contributed by atoms with Crippen molar-refractivity contribution in [1.82, 2.24) is 0 Å². The van der Waals surface area contributed by atoms with Gasteiger partial charge in [0.05, 0.1) is 44.6 Å². The highest BCUT2D eigenvalue weighted by molar-refractivity contribution is 5.47. The van der Waals surface area contributed by atoms with E-state index in [9.17, 15) is 9.50 Å². The molecule has 1 aliphatic heterocycles. The first-order valence-corrected chi connectivity index (χ1v) is 10.4. The number of halogens is 1. The van der Waals surface area contributed by atoms with Crippen LogP contribution < -0.4 is 9.80 Å². The van der Waals surface area contributed by atoms with Crippen LogP contribution in [0.2, 0.25) is 0 Å². The minimum absolute atomic E-state index is 0.154. The number of hydrogen-bond acceptors (Lipinski definition) is 3. The largest absolute Gasteiger partial charge is 0.385 e. The molecule has 0 aromatic heterocycles. The monoisotopic (exact) mass is 379 g/mol. The van der Waals surface area contributed by atoms with Crippen LogP contribution in [0.15, 0.2) is 24.3 Å². The Bertz CT molecular complexity index is 602. The van der Waals surface area contributed by atoms with Crippen LogP contribution in [0.3, 0.4) is 0 Å². The number of benzene rings is 1. The number of hydrogen-bond donors (Lipinski definition) is 2. The van der Waals surface area contributed by atoms with Gasteiger partial charge in [-0.05, 0) is 42.7 Å². The molecule has 2 N–H and O–H groups in total. The van der Waals surface area contributed by atoms with Crippen molar-refractivity contribution in [3.8, 4) is 0 Å². The summed E-state index contributed by atoms with van der Waals surface area (Å²) in [6.45, 7) is 11.5. The minimum Gasteiger partial charge on any atom is -0.385 e. The molecule has 0 unspecified atom stereocenters. The highest BCUT2D eigenvalue weighted by Crippen LogP contribution is 2.39. The molecule has 0 radical (unpaired) electrons. The highest BCUT2D eigenvalue weighted by atomic mass is 19.1. The SMILES string of the molecule is C[C@@H]1C[C@@H](OC[C@H](O)C[NH+]2CCN(c3ccccc3F)CC2)CC(C)(C)C1. The van der Waals surface area contributed by atoms with Crippen molar-refractivity contribution < 1.29 is 19.1 Å². The van der Waals surface area contributed by atoms with E-state index < -0.39 is 6.10 Å². The van der Waals surface area contributed by atoms with E-state index in [-0.39, 0.29) is 11.9 Å². The third-order valence-electron chi connectivity index (χ3n) is 6.06. The maximum Gasteiger partial charge on any atom is 0.146 e. The van der Waals surface area contributed by atoms with Gasteiger partial charge in [0.15, 0.2) is 0 Å². The summed E-state index contributed by atoms with van der Waals surface area (Å²) in [7, 11) is 0. The van der Waals surface area contributed by atoms with Gasteiger partial charge in [-0.2, -0.15) is 0 Å². The van der Waals surface area contributed by atoms with Gasteiger partial charge in [-0.3, -0.25) is 0 Å². The molecule has 152 valence electrons. The van der Waals surface area contributed by atoms with Gasteiger partial charge in [-0.25, -0.2) is 4.39 Å². The number of anilines is 1. The van der Waals surface area contributed by atoms with Crippen LogP contribution in [0.1, 0.15) is 40.0 Å². The van der Waals surface area contributed by atoms with Gasteiger partial charge in [0.1, 0.15) is 18.5 Å². The molecule has 4 nitrogen and oxygen atoms in total. The fourth-order valence-corrected chi connectivity index (χ4v) is 5.00. The fraction of sp³-hybridized carbons (Fsp3) is 0.727. The fourth-order valence-electron chi connectivity index (χ4n) is 5.00. The molecule has 1 saturated carbocycles. The van der Waals surface area contributed by atoms with Gasteiger partial charge in [0.25, 0.3) is 0 Å². The van der Waals surface area contributed by atoms with Crippen LogP contribution in [-0.4, -0.2) is 56.6 Å². The molecule has 1 aromatic rings. The molecule has 1 heterocycles. The second-order valence-electron chi connectivity index (χ2n) is 9.42. The van der Waals surface area contributed by atoms with Crippen LogP contribution in [0.5, 0.6) is 0 Å². The van der Waals surface area contributed by atoms with E-state index in [0.29, 0.717) is 30.2 Å². The molecule has 1 saturated heterocycles. The van der Waals surface area contributed by atoms with Crippen molar-refractivity contribution in [3.05, 3.63) is 30.1 Å². The summed E-state index contributed by atoms with van der Waals surface area (Å²) in [5, 5.41) is 10.4. The average Bonchev–Trinajstić information content (AvgIpc) is 2.60. The van der Waals surface area contributed by atoms with Crippen molar-refractivity contribution in [2.75, 3.05) is 44.2 Å². The Labute approximate surface area is 163 Å². The van der Waals surface area contributed by atoms with Gasteiger partial charge in [-0.15, -0.1) is 0 Å². The summed E-state index contributed by atoms with van der Waals surface area (Å²) >= 11 is 0. The van der Waals surface area contributed by atoms with Crippen LogP contribution in [0.4, 0.5) is 10.1 Å². The lowest BCUT2D eigenvalue weighted by Crippen LogP contribution is -3.16. The molecular weight excluding hydrogens is 343 g/mol. The van der Waals surface area contributed by atoms with Crippen LogP contribution in [-0.2, 0) is 4.74 Å². The second-order valence-corrected chi connectivity index (χ2v) is 9.42. The molecule has 0 amide bonds. The quantitative estimate of drug-likeness (QED) is 0.795. The zero-order valence-electron chi connectivity index (χ0n) is 17.1. The number of piperazine rings is 1. The smallest absolute Gasteiger partial charge is 0.146 e. The summed E-state index contributed by atoms with van der Waals surface area (Å²) in [5.41, 5.74) is 1.02. The lowest BCUT2D eigenvalue weighted by Gasteiger charge is -2.39. The van der Waals surface area contributed by atoms with Gasteiger partial charge in [0.2, 0.25) is 0 Å². The van der Waals surface area contributed by atoms with Gasteiger partial charge in [-0.1, -0.05) is 32.9 Å². The van der Waals surface area contributed by atoms with Gasteiger partial charge in [0, 0.05) is 0 Å². The normalized spacial score (nSPS) is 27.5. The predicted molar refractivity (Wildman–Crippen MR) is 107 cm³/mol. The number of quaternary nitrogens is 1. The molecule has 0 spiro atoms. The minimum atomic E-state index is -0.430. The summed E-state index contributed by atoms with van der Waals surface area (Å²) in [5.74, 6) is 0.534. The Morgan fingerprint density at radius 3 is 2.63 bits per heavy atom. The lowest BCUT2D eigenvalue weighted by molar-refractivity contribution is -0.903. The average molecular weight is 380 g/mol. The van der Waals surface area contributed by atoms with Crippen LogP contribution in [0.25, 0.3) is 0 Å². The maximum atomic E-state index is 13.9. The van der Waals surface area contributed by atoms with E-state index in [1.54, 1.807) is 6.07 Å². The first-order chi connectivity index (χ1) is 12.8. The molecular formula is C22H36FN2O2+. The van der Waals surface area contributed by atoms with Crippen LogP contribution >= 0.6 is 0 Å². The Kier molecular flexibility index (Phi) is 6.77. The number of rotatable bonds is 6. The van der Waals surface area contributed by atoms with E-state index >= 15 is 0 Å².